The molecule has 0 aliphatic carbocycles. The minimum absolute atomic E-state index is 0.0903. The summed E-state index contributed by atoms with van der Waals surface area (Å²) in [5.74, 6) is -3.54. The second-order valence-electron chi connectivity index (χ2n) is 10.1. The van der Waals surface area contributed by atoms with E-state index in [0.717, 1.165) is 28.5 Å². The monoisotopic (exact) mass is 658 g/mol. The second kappa shape index (κ2) is 12.7. The van der Waals surface area contributed by atoms with Crippen LogP contribution in [0.2, 0.25) is 5.02 Å². The molecule has 1 atom stereocenters. The van der Waals surface area contributed by atoms with E-state index in [4.69, 9.17) is 11.6 Å². The van der Waals surface area contributed by atoms with Gasteiger partial charge in [0.1, 0.15) is 23.0 Å². The predicted molar refractivity (Wildman–Crippen MR) is 160 cm³/mol. The van der Waals surface area contributed by atoms with E-state index in [1.54, 1.807) is 31.2 Å². The lowest BCUT2D eigenvalue weighted by molar-refractivity contribution is -0.141. The van der Waals surface area contributed by atoms with Gasteiger partial charge in [-0.2, -0.15) is 17.5 Å². The summed E-state index contributed by atoms with van der Waals surface area (Å²) in [5, 5.41) is 6.06. The predicted octanol–water partition coefficient (Wildman–Crippen LogP) is 6.62. The maximum atomic E-state index is 14.3. The molecule has 5 rings (SSSR count). The van der Waals surface area contributed by atoms with Gasteiger partial charge in [0.2, 0.25) is 5.82 Å². The fourth-order valence-electron chi connectivity index (χ4n) is 4.72. The quantitative estimate of drug-likeness (QED) is 0.172. The fourth-order valence-corrected chi connectivity index (χ4v) is 5.78. The Morgan fingerprint density at radius 2 is 1.82 bits per heavy atom. The van der Waals surface area contributed by atoms with Crippen LogP contribution in [0, 0.1) is 5.82 Å². The van der Waals surface area contributed by atoms with Crippen LogP contribution in [-0.4, -0.2) is 36.5 Å². The second-order valence-corrected chi connectivity index (χ2v) is 11.3. The van der Waals surface area contributed by atoms with Gasteiger partial charge < -0.3 is 15.2 Å². The number of imidazole rings is 1. The van der Waals surface area contributed by atoms with Gasteiger partial charge in [0.05, 0.1) is 16.9 Å². The minimum Gasteiger partial charge on any atom is -0.345 e. The van der Waals surface area contributed by atoms with Gasteiger partial charge in [-0.05, 0) is 59.9 Å². The van der Waals surface area contributed by atoms with Gasteiger partial charge in [-0.1, -0.05) is 42.8 Å². The van der Waals surface area contributed by atoms with Crippen LogP contribution in [0.5, 0.6) is 0 Å². The lowest BCUT2D eigenvalue weighted by Gasteiger charge is -2.19. The maximum absolute atomic E-state index is 14.3. The summed E-state index contributed by atoms with van der Waals surface area (Å²) in [6.45, 7) is 2.38. The van der Waals surface area contributed by atoms with Crippen LogP contribution >= 0.6 is 23.1 Å². The summed E-state index contributed by atoms with van der Waals surface area (Å²) in [7, 11) is 0. The van der Waals surface area contributed by atoms with Gasteiger partial charge in [-0.15, -0.1) is 0 Å². The molecule has 0 spiro atoms. The molecule has 0 radical (unpaired) electrons. The minimum atomic E-state index is -4.62. The van der Waals surface area contributed by atoms with E-state index in [1.807, 2.05) is 0 Å². The Balaban J connectivity index is 1.55. The number of carbonyl (C=O) groups excluding carboxylic acids is 3. The molecule has 2 amide bonds. The van der Waals surface area contributed by atoms with Crippen molar-refractivity contribution in [2.45, 2.75) is 39.0 Å². The highest BCUT2D eigenvalue weighted by atomic mass is 35.5. The number of amides is 2. The van der Waals surface area contributed by atoms with Crippen molar-refractivity contribution in [2.24, 2.45) is 0 Å². The highest BCUT2D eigenvalue weighted by Gasteiger charge is 2.32. The van der Waals surface area contributed by atoms with Gasteiger partial charge in [0.25, 0.3) is 11.8 Å². The average Bonchev–Trinajstić information content (AvgIpc) is 3.58. The van der Waals surface area contributed by atoms with Gasteiger partial charge in [-0.3, -0.25) is 19.4 Å². The first kappa shape index (κ1) is 31.7. The zero-order chi connectivity index (χ0) is 32.5. The Labute approximate surface area is 262 Å². The first-order valence-corrected chi connectivity index (χ1v) is 14.5. The number of fused-ring (bicyclic) bond motifs is 1. The third-order valence-corrected chi connectivity index (χ3v) is 7.99. The standard InChI is InChI=1S/C30H23ClF4N6O3S/c1-15(42)14-41-25(16(2)20-11-18(32)8-9-21(20)31)26(39-28(43)24-19-5-3-4-6-22(19)45-40-24)38-27(41)29(44)37-13-17-7-10-23(36-12-17)30(33,34)35/h3-12,16H,13-14H2,1-2H3,(H,37,44)(H,39,43)/t16-/m1/s1. The van der Waals surface area contributed by atoms with Crippen molar-refractivity contribution < 1.29 is 31.9 Å². The normalized spacial score (nSPS) is 12.2. The molecule has 0 aliphatic heterocycles. The number of alkyl halides is 3. The van der Waals surface area contributed by atoms with Gasteiger partial charge in [0.15, 0.2) is 5.82 Å². The molecule has 232 valence electrons. The molecule has 5 aromatic rings. The number of halogens is 5. The highest BCUT2D eigenvalue weighted by Crippen LogP contribution is 2.36. The number of ketones is 1. The number of benzene rings is 2. The van der Waals surface area contributed by atoms with E-state index in [9.17, 15) is 31.9 Å². The number of anilines is 1. The Hall–Kier alpha value is -4.69. The molecule has 2 N–H and O–H groups in total. The smallest absolute Gasteiger partial charge is 0.345 e. The van der Waals surface area contributed by atoms with Crippen LogP contribution in [0.3, 0.4) is 0 Å². The zero-order valence-corrected chi connectivity index (χ0v) is 25.1. The highest BCUT2D eigenvalue weighted by molar-refractivity contribution is 7.13. The Morgan fingerprint density at radius 3 is 2.51 bits per heavy atom. The first-order chi connectivity index (χ1) is 21.3. The maximum Gasteiger partial charge on any atom is 0.433 e. The number of nitrogens with one attached hydrogen (secondary N) is 2. The molecule has 0 fully saturated rings. The van der Waals surface area contributed by atoms with Crippen molar-refractivity contribution in [3.63, 3.8) is 0 Å². The van der Waals surface area contributed by atoms with Crippen LogP contribution in [0.4, 0.5) is 23.4 Å². The Bertz CT molecular complexity index is 1920. The lowest BCUT2D eigenvalue weighted by Crippen LogP contribution is -2.28. The van der Waals surface area contributed by atoms with Gasteiger partial charge in [-0.25, -0.2) is 9.37 Å². The van der Waals surface area contributed by atoms with Crippen molar-refractivity contribution in [1.82, 2.24) is 24.2 Å². The van der Waals surface area contributed by atoms with Gasteiger partial charge >= 0.3 is 6.18 Å². The molecule has 0 bridgehead atoms. The van der Waals surface area contributed by atoms with Crippen LogP contribution < -0.4 is 10.6 Å². The summed E-state index contributed by atoms with van der Waals surface area (Å²) < 4.78 is 59.4. The van der Waals surface area contributed by atoms with Crippen molar-refractivity contribution in [3.05, 3.63) is 106 Å². The van der Waals surface area contributed by atoms with Crippen molar-refractivity contribution in [1.29, 1.82) is 0 Å². The van der Waals surface area contributed by atoms with E-state index in [0.29, 0.717) is 10.9 Å². The summed E-state index contributed by atoms with van der Waals surface area (Å²) in [4.78, 5) is 47.1. The molecular weight excluding hydrogens is 636 g/mol. The number of nitrogens with zero attached hydrogens (tertiary/aromatic N) is 4. The zero-order valence-electron chi connectivity index (χ0n) is 23.6. The molecule has 45 heavy (non-hydrogen) atoms. The van der Waals surface area contributed by atoms with Crippen molar-refractivity contribution in [3.8, 4) is 0 Å². The van der Waals surface area contributed by atoms with Crippen LogP contribution in [-0.2, 0) is 24.1 Å². The molecule has 0 saturated carbocycles. The lowest BCUT2D eigenvalue weighted by atomic mass is 9.96. The third-order valence-electron chi connectivity index (χ3n) is 6.82. The topological polar surface area (TPSA) is 119 Å². The molecule has 0 saturated heterocycles. The molecule has 0 aliphatic rings. The van der Waals surface area contributed by atoms with Gasteiger partial charge in [0, 0.05) is 29.1 Å². The van der Waals surface area contributed by atoms with E-state index in [1.165, 1.54) is 35.8 Å². The largest absolute Gasteiger partial charge is 0.433 e. The number of rotatable bonds is 9. The number of pyridine rings is 1. The fraction of sp³-hybridized carbons (Fsp3) is 0.200. The van der Waals surface area contributed by atoms with E-state index < -0.39 is 35.4 Å². The van der Waals surface area contributed by atoms with Crippen LogP contribution in [0.15, 0.2) is 60.8 Å². The summed E-state index contributed by atoms with van der Waals surface area (Å²) in [6, 6.07) is 12.8. The van der Waals surface area contributed by atoms with Crippen molar-refractivity contribution in [2.75, 3.05) is 5.32 Å². The number of Topliss-reactive ketones (excluding diaryl/α,β-unsaturated/α-hetero) is 1. The summed E-state index contributed by atoms with van der Waals surface area (Å²) in [5.41, 5.74) is -0.215. The Kier molecular flexibility index (Phi) is 8.98. The molecule has 2 aromatic carbocycles. The third kappa shape index (κ3) is 6.86. The Morgan fingerprint density at radius 1 is 1.07 bits per heavy atom. The van der Waals surface area contributed by atoms with E-state index in [2.05, 4.69) is 25.0 Å². The number of aromatic nitrogens is 4. The average molecular weight is 659 g/mol. The molecule has 3 heterocycles. The SMILES string of the molecule is CC(=O)Cn1c(C(=O)NCc2ccc(C(F)(F)F)nc2)nc(NC(=O)c2nsc3ccccc23)c1[C@H](C)c1cc(F)ccc1Cl. The van der Waals surface area contributed by atoms with Crippen molar-refractivity contribution >= 4 is 56.6 Å². The van der Waals surface area contributed by atoms with E-state index >= 15 is 0 Å². The summed E-state index contributed by atoms with van der Waals surface area (Å²) in [6.07, 6.45) is -3.64. The molecule has 0 unspecified atom stereocenters. The van der Waals surface area contributed by atoms with Crippen LogP contribution in [0.1, 0.15) is 63.4 Å². The molecule has 3 aromatic heterocycles. The first-order valence-electron chi connectivity index (χ1n) is 13.3. The summed E-state index contributed by atoms with van der Waals surface area (Å²) >= 11 is 7.54. The molecule has 9 nitrogen and oxygen atoms in total. The number of hydrogen-bond donors (Lipinski definition) is 2. The number of hydrogen-bond acceptors (Lipinski definition) is 7. The van der Waals surface area contributed by atoms with E-state index in [-0.39, 0.29) is 52.5 Å². The molecular formula is C30H23ClF4N6O3S. The number of carbonyl (C=O) groups is 3. The molecule has 15 heteroatoms. The van der Waals surface area contributed by atoms with Crippen LogP contribution in [0.25, 0.3) is 10.1 Å².